The highest BCUT2D eigenvalue weighted by Crippen LogP contribution is 2.44. The second kappa shape index (κ2) is 15.9. The van der Waals surface area contributed by atoms with Crippen molar-refractivity contribution >= 4 is 17.8 Å². The number of benzene rings is 2. The van der Waals surface area contributed by atoms with Gasteiger partial charge in [0.2, 0.25) is 5.90 Å². The van der Waals surface area contributed by atoms with E-state index in [-0.39, 0.29) is 37.8 Å². The van der Waals surface area contributed by atoms with Gasteiger partial charge >= 0.3 is 5.97 Å². The van der Waals surface area contributed by atoms with Gasteiger partial charge in [-0.25, -0.2) is 10.5 Å². The van der Waals surface area contributed by atoms with Crippen LogP contribution >= 0.6 is 0 Å². The molecule has 1 amide bonds. The molecular formula is C33H45N5O7. The number of aliphatic hydroxyl groups is 1. The lowest BCUT2D eigenvalue weighted by atomic mass is 9.81. The number of aliphatic hydroxyl groups excluding tert-OH is 1. The molecule has 45 heavy (non-hydrogen) atoms. The van der Waals surface area contributed by atoms with Crippen LogP contribution in [0.1, 0.15) is 62.8 Å². The van der Waals surface area contributed by atoms with Gasteiger partial charge in [0.25, 0.3) is 5.91 Å². The summed E-state index contributed by atoms with van der Waals surface area (Å²) in [5.41, 5.74) is 7.37. The van der Waals surface area contributed by atoms with Gasteiger partial charge in [0.15, 0.2) is 11.6 Å². The van der Waals surface area contributed by atoms with Gasteiger partial charge in [0, 0.05) is 56.8 Å². The smallest absolute Gasteiger partial charge is 0.306 e. The van der Waals surface area contributed by atoms with E-state index < -0.39 is 23.2 Å². The Bertz CT molecular complexity index is 1320. The molecule has 2 aliphatic heterocycles. The number of aliphatic imine (C=N–C) groups is 1. The second-order valence-electron chi connectivity index (χ2n) is 12.1. The summed E-state index contributed by atoms with van der Waals surface area (Å²) >= 11 is 0. The van der Waals surface area contributed by atoms with Crippen LogP contribution in [0.4, 0.5) is 0 Å². The van der Waals surface area contributed by atoms with Crippen LogP contribution in [0.5, 0.6) is 5.75 Å². The third-order valence-corrected chi connectivity index (χ3v) is 7.56. The van der Waals surface area contributed by atoms with Crippen molar-refractivity contribution in [1.82, 2.24) is 10.2 Å². The van der Waals surface area contributed by atoms with Gasteiger partial charge < -0.3 is 29.4 Å². The summed E-state index contributed by atoms with van der Waals surface area (Å²) in [6.07, 6.45) is -0.400. The third-order valence-electron chi connectivity index (χ3n) is 7.56. The molecule has 0 radical (unpaired) electrons. The Morgan fingerprint density at radius 3 is 2.58 bits per heavy atom. The van der Waals surface area contributed by atoms with Crippen molar-refractivity contribution in [2.75, 3.05) is 52.6 Å². The van der Waals surface area contributed by atoms with Crippen LogP contribution < -0.4 is 10.1 Å². The number of rotatable bonds is 15. The van der Waals surface area contributed by atoms with Crippen LogP contribution in [-0.4, -0.2) is 91.5 Å². The lowest BCUT2D eigenvalue weighted by molar-refractivity contribution is -0.155. The number of morpholine rings is 1. The topological polar surface area (TPSA) is 155 Å². The molecule has 2 aromatic carbocycles. The quantitative estimate of drug-likeness (QED) is 0.154. The number of nitrogens with zero attached hydrogens (tertiary/aromatic N) is 3. The minimum atomic E-state index is -1.51. The maximum atomic E-state index is 14.3. The van der Waals surface area contributed by atoms with E-state index in [4.69, 9.17) is 34.6 Å². The van der Waals surface area contributed by atoms with E-state index in [1.54, 1.807) is 45.0 Å². The molecule has 2 aliphatic rings. The number of carbonyl (C=O) groups is 2. The molecule has 2 atom stereocenters. The normalized spacial score (nSPS) is 20.2. The third kappa shape index (κ3) is 9.32. The summed E-state index contributed by atoms with van der Waals surface area (Å²) in [6, 6.07) is 14.6. The summed E-state index contributed by atoms with van der Waals surface area (Å²) in [6.45, 7) is 9.84. The van der Waals surface area contributed by atoms with E-state index in [0.717, 1.165) is 18.7 Å². The first-order chi connectivity index (χ1) is 21.6. The number of nitrogens with one attached hydrogen (secondary N) is 2. The van der Waals surface area contributed by atoms with E-state index in [0.29, 0.717) is 56.2 Å². The van der Waals surface area contributed by atoms with E-state index in [9.17, 15) is 9.59 Å². The standard InChI is InChI=1S/C33H45N5O7/c1-32(2,3)45-28(40)13-14-33(31(41)35-15-16-38-17-21-42-22-18-38)29(27-8-5-4-7-25(27)23-36-34)44-30(37-33)24-9-11-26(12-10-24)43-20-6-19-39/h4-5,7-12,29,34,39H,6,13-23H2,1-3H3,(H,35,41)/t29-,33-/m1/s1. The fraction of sp³-hybridized carbons (Fsp3) is 0.545. The van der Waals surface area contributed by atoms with Crippen LogP contribution in [0, 0.1) is 5.53 Å². The number of carbonyl (C=O) groups excluding carboxylic acids is 2. The molecule has 0 unspecified atom stereocenters. The molecule has 3 N–H and O–H groups in total. The molecule has 12 heteroatoms. The average molecular weight is 624 g/mol. The molecule has 0 aromatic heterocycles. The summed E-state index contributed by atoms with van der Waals surface area (Å²) in [5, 5.41) is 15.7. The SMILES string of the molecule is CC(C)(C)OC(=O)CC[C@@]1(C(=O)NCCN2CCOCC2)N=C(c2ccc(OCCCO)cc2)O[C@@H]1c1ccccc1CN=N. The van der Waals surface area contributed by atoms with Crippen LogP contribution in [0.3, 0.4) is 0 Å². The van der Waals surface area contributed by atoms with E-state index >= 15 is 0 Å². The highest BCUT2D eigenvalue weighted by atomic mass is 16.6. The molecule has 0 bridgehead atoms. The molecular weight excluding hydrogens is 578 g/mol. The number of hydrogen-bond acceptors (Lipinski definition) is 11. The van der Waals surface area contributed by atoms with E-state index in [1.165, 1.54) is 0 Å². The maximum Gasteiger partial charge on any atom is 0.306 e. The molecule has 4 rings (SSSR count). The minimum absolute atomic E-state index is 0.0359. The Hall–Kier alpha value is -3.87. The van der Waals surface area contributed by atoms with E-state index in [1.807, 2.05) is 24.3 Å². The summed E-state index contributed by atoms with van der Waals surface area (Å²) in [4.78, 5) is 34.5. The van der Waals surface area contributed by atoms with Gasteiger partial charge in [-0.2, -0.15) is 5.11 Å². The summed E-state index contributed by atoms with van der Waals surface area (Å²) in [7, 11) is 0. The zero-order valence-electron chi connectivity index (χ0n) is 26.4. The monoisotopic (exact) mass is 623 g/mol. The van der Waals surface area contributed by atoms with Crippen molar-refractivity contribution in [2.45, 2.75) is 63.8 Å². The highest BCUT2D eigenvalue weighted by molar-refractivity contribution is 6.01. The maximum absolute atomic E-state index is 14.3. The first-order valence-electron chi connectivity index (χ1n) is 15.5. The van der Waals surface area contributed by atoms with Crippen molar-refractivity contribution in [1.29, 1.82) is 5.53 Å². The summed E-state index contributed by atoms with van der Waals surface area (Å²) < 4.78 is 23.3. The van der Waals surface area contributed by atoms with Gasteiger partial charge in [-0.1, -0.05) is 24.3 Å². The van der Waals surface area contributed by atoms with Gasteiger partial charge in [-0.15, -0.1) is 0 Å². The molecule has 0 saturated carbocycles. The number of ether oxygens (including phenoxy) is 4. The van der Waals surface area contributed by atoms with Gasteiger partial charge in [-0.05, 0) is 57.0 Å². The van der Waals surface area contributed by atoms with Crippen molar-refractivity contribution in [3.05, 3.63) is 65.2 Å². The minimum Gasteiger partial charge on any atom is -0.494 e. The average Bonchev–Trinajstić information content (AvgIpc) is 3.41. The number of amides is 1. The Morgan fingerprint density at radius 2 is 1.89 bits per heavy atom. The zero-order chi connectivity index (χ0) is 32.3. The van der Waals surface area contributed by atoms with Gasteiger partial charge in [0.1, 0.15) is 11.4 Å². The van der Waals surface area contributed by atoms with Gasteiger partial charge in [0.05, 0.1) is 26.4 Å². The lowest BCUT2D eigenvalue weighted by Gasteiger charge is -2.32. The van der Waals surface area contributed by atoms with Crippen LogP contribution in [0.2, 0.25) is 0 Å². The molecule has 0 aliphatic carbocycles. The van der Waals surface area contributed by atoms with Crippen molar-refractivity contribution in [2.24, 2.45) is 10.1 Å². The Kier molecular flexibility index (Phi) is 12.0. The first-order valence-corrected chi connectivity index (χ1v) is 15.5. The van der Waals surface area contributed by atoms with Crippen molar-refractivity contribution < 1.29 is 33.6 Å². The fourth-order valence-corrected chi connectivity index (χ4v) is 5.36. The lowest BCUT2D eigenvalue weighted by Crippen LogP contribution is -2.51. The summed E-state index contributed by atoms with van der Waals surface area (Å²) in [5.74, 6) is 0.0824. The second-order valence-corrected chi connectivity index (χ2v) is 12.1. The molecule has 12 nitrogen and oxygen atoms in total. The molecule has 2 heterocycles. The Morgan fingerprint density at radius 1 is 1.16 bits per heavy atom. The predicted molar refractivity (Wildman–Crippen MR) is 167 cm³/mol. The predicted octanol–water partition coefficient (Wildman–Crippen LogP) is 3.81. The molecule has 1 saturated heterocycles. The van der Waals surface area contributed by atoms with Crippen LogP contribution in [0.15, 0.2) is 58.6 Å². The molecule has 2 aromatic rings. The van der Waals surface area contributed by atoms with Crippen molar-refractivity contribution in [3.63, 3.8) is 0 Å². The largest absolute Gasteiger partial charge is 0.494 e. The molecule has 244 valence electrons. The molecule has 0 spiro atoms. The van der Waals surface area contributed by atoms with Crippen molar-refractivity contribution in [3.8, 4) is 5.75 Å². The zero-order valence-corrected chi connectivity index (χ0v) is 26.4. The number of esters is 1. The fourth-order valence-electron chi connectivity index (χ4n) is 5.36. The van der Waals surface area contributed by atoms with Crippen LogP contribution in [-0.2, 0) is 30.3 Å². The highest BCUT2D eigenvalue weighted by Gasteiger charge is 2.53. The first kappa shape index (κ1) is 34.0. The van der Waals surface area contributed by atoms with Gasteiger partial charge in [-0.3, -0.25) is 14.5 Å². The molecule has 1 fully saturated rings. The Balaban J connectivity index is 1.70. The van der Waals surface area contributed by atoms with Crippen LogP contribution in [0.25, 0.3) is 0 Å². The number of hydrogen-bond donors (Lipinski definition) is 3. The van der Waals surface area contributed by atoms with E-state index in [2.05, 4.69) is 15.3 Å². The Labute approximate surface area is 264 Å².